The van der Waals surface area contributed by atoms with Gasteiger partial charge in [0.1, 0.15) is 0 Å². The SMILES string of the molecule is CCCCCCCCCCCCCCCCC/C=C/C(O)C(CO)NC(=O)CCCCCCCCC/C=C\C/C=C\CCCCCCCCCCCOC(=O)CCCCCCCCCCCCCCCCC. The van der Waals surface area contributed by atoms with Crippen molar-refractivity contribution in [2.75, 3.05) is 13.2 Å². The number of hydrogen-bond donors (Lipinski definition) is 3. The van der Waals surface area contributed by atoms with E-state index in [1.807, 2.05) is 6.08 Å². The van der Waals surface area contributed by atoms with Gasteiger partial charge >= 0.3 is 5.97 Å². The molecule has 0 aliphatic carbocycles. The number of hydrogen-bond acceptors (Lipinski definition) is 5. The van der Waals surface area contributed by atoms with Crippen LogP contribution in [0.2, 0.25) is 0 Å². The van der Waals surface area contributed by atoms with Gasteiger partial charge in [-0.2, -0.15) is 0 Å². The zero-order chi connectivity index (χ0) is 52.2. The fourth-order valence-electron chi connectivity index (χ4n) is 9.96. The molecule has 3 N–H and O–H groups in total. The Bertz CT molecular complexity index is 1170. The molecule has 2 atom stereocenters. The van der Waals surface area contributed by atoms with Crippen LogP contribution in [-0.4, -0.2) is 47.4 Å². The van der Waals surface area contributed by atoms with Crippen LogP contribution >= 0.6 is 0 Å². The van der Waals surface area contributed by atoms with Crippen LogP contribution in [0.1, 0.15) is 348 Å². The van der Waals surface area contributed by atoms with Gasteiger partial charge in [0.15, 0.2) is 0 Å². The lowest BCUT2D eigenvalue weighted by Gasteiger charge is -2.20. The summed E-state index contributed by atoms with van der Waals surface area (Å²) in [5.41, 5.74) is 0. The van der Waals surface area contributed by atoms with Crippen LogP contribution < -0.4 is 5.32 Å². The van der Waals surface area contributed by atoms with E-state index in [0.717, 1.165) is 57.8 Å². The number of allylic oxidation sites excluding steroid dienone is 5. The molecule has 0 spiro atoms. The number of ether oxygens (including phenoxy) is 1. The monoisotopic (exact) mass is 1010 g/mol. The molecule has 0 radical (unpaired) electrons. The van der Waals surface area contributed by atoms with E-state index >= 15 is 0 Å². The maximum Gasteiger partial charge on any atom is 0.305 e. The fraction of sp³-hybridized carbons (Fsp3) is 0.879. The molecule has 6 heteroatoms. The molecule has 0 aromatic heterocycles. The molecule has 0 heterocycles. The van der Waals surface area contributed by atoms with Crippen molar-refractivity contribution in [2.24, 2.45) is 0 Å². The largest absolute Gasteiger partial charge is 0.466 e. The van der Waals surface area contributed by atoms with Gasteiger partial charge in [0.25, 0.3) is 0 Å². The second-order valence-corrected chi connectivity index (χ2v) is 22.1. The highest BCUT2D eigenvalue weighted by molar-refractivity contribution is 5.76. The van der Waals surface area contributed by atoms with Crippen molar-refractivity contribution in [3.63, 3.8) is 0 Å². The lowest BCUT2D eigenvalue weighted by atomic mass is 10.0. The average Bonchev–Trinajstić information content (AvgIpc) is 3.38. The van der Waals surface area contributed by atoms with Gasteiger partial charge in [-0.3, -0.25) is 9.59 Å². The molecule has 6 nitrogen and oxygen atoms in total. The van der Waals surface area contributed by atoms with E-state index in [4.69, 9.17) is 4.74 Å². The van der Waals surface area contributed by atoms with E-state index in [2.05, 4.69) is 43.5 Å². The Balaban J connectivity index is 3.46. The minimum Gasteiger partial charge on any atom is -0.466 e. The first kappa shape index (κ1) is 70.1. The molecule has 0 rings (SSSR count). The predicted molar refractivity (Wildman–Crippen MR) is 315 cm³/mol. The van der Waals surface area contributed by atoms with E-state index in [1.165, 1.54) is 263 Å². The quantitative estimate of drug-likeness (QED) is 0.0320. The van der Waals surface area contributed by atoms with Gasteiger partial charge in [-0.05, 0) is 64.2 Å². The first-order valence-electron chi connectivity index (χ1n) is 32.3. The summed E-state index contributed by atoms with van der Waals surface area (Å²) in [7, 11) is 0. The Morgan fingerprint density at radius 1 is 0.389 bits per heavy atom. The van der Waals surface area contributed by atoms with Crippen LogP contribution in [0, 0.1) is 0 Å². The molecule has 424 valence electrons. The summed E-state index contributed by atoms with van der Waals surface area (Å²) in [4.78, 5) is 24.5. The maximum absolute atomic E-state index is 12.5. The van der Waals surface area contributed by atoms with Crippen molar-refractivity contribution >= 4 is 11.9 Å². The van der Waals surface area contributed by atoms with Crippen molar-refractivity contribution in [1.29, 1.82) is 0 Å². The average molecular weight is 1010 g/mol. The van der Waals surface area contributed by atoms with E-state index in [1.54, 1.807) is 6.08 Å². The number of unbranched alkanes of at least 4 members (excludes halogenated alkanes) is 45. The number of nitrogens with one attached hydrogen (secondary N) is 1. The Morgan fingerprint density at radius 2 is 0.694 bits per heavy atom. The molecule has 0 fully saturated rings. The molecular formula is C66H125NO5. The Labute approximate surface area is 449 Å². The van der Waals surface area contributed by atoms with Crippen LogP contribution in [0.4, 0.5) is 0 Å². The molecule has 72 heavy (non-hydrogen) atoms. The summed E-state index contributed by atoms with van der Waals surface area (Å²) in [5.74, 6) is -0.0669. The van der Waals surface area contributed by atoms with E-state index in [0.29, 0.717) is 19.4 Å². The number of amides is 1. The van der Waals surface area contributed by atoms with Gasteiger partial charge in [-0.25, -0.2) is 0 Å². The van der Waals surface area contributed by atoms with Crippen molar-refractivity contribution in [3.05, 3.63) is 36.5 Å². The molecule has 0 bridgehead atoms. The summed E-state index contributed by atoms with van der Waals surface area (Å²) in [6.45, 7) is 4.92. The molecule has 0 saturated heterocycles. The molecule has 0 aromatic carbocycles. The lowest BCUT2D eigenvalue weighted by molar-refractivity contribution is -0.143. The summed E-state index contributed by atoms with van der Waals surface area (Å²) >= 11 is 0. The molecule has 0 aromatic rings. The van der Waals surface area contributed by atoms with Crippen molar-refractivity contribution in [3.8, 4) is 0 Å². The number of aliphatic hydroxyl groups excluding tert-OH is 2. The third-order valence-electron chi connectivity index (χ3n) is 14.9. The summed E-state index contributed by atoms with van der Waals surface area (Å²) in [6, 6.07) is -0.636. The number of carbonyl (C=O) groups excluding carboxylic acids is 2. The number of rotatable bonds is 60. The van der Waals surface area contributed by atoms with Gasteiger partial charge in [0.2, 0.25) is 5.91 Å². The fourth-order valence-corrected chi connectivity index (χ4v) is 9.96. The first-order valence-corrected chi connectivity index (χ1v) is 32.3. The zero-order valence-electron chi connectivity index (χ0n) is 48.4. The lowest BCUT2D eigenvalue weighted by Crippen LogP contribution is -2.45. The Kier molecular flexibility index (Phi) is 60.0. The van der Waals surface area contributed by atoms with E-state index < -0.39 is 12.1 Å². The number of carbonyl (C=O) groups is 2. The molecule has 0 aliphatic rings. The third-order valence-corrected chi connectivity index (χ3v) is 14.9. The summed E-state index contributed by atoms with van der Waals surface area (Å²) in [5, 5.41) is 23.2. The third kappa shape index (κ3) is 57.4. The molecule has 1 amide bonds. The Hall–Kier alpha value is -1.92. The van der Waals surface area contributed by atoms with Crippen molar-refractivity contribution < 1.29 is 24.5 Å². The highest BCUT2D eigenvalue weighted by Gasteiger charge is 2.18. The van der Waals surface area contributed by atoms with Gasteiger partial charge < -0.3 is 20.3 Å². The second kappa shape index (κ2) is 61.6. The predicted octanol–water partition coefficient (Wildman–Crippen LogP) is 20.4. The summed E-state index contributed by atoms with van der Waals surface area (Å²) in [6.07, 6.45) is 77.6. The van der Waals surface area contributed by atoms with Gasteiger partial charge in [0, 0.05) is 12.8 Å². The molecule has 2 unspecified atom stereocenters. The van der Waals surface area contributed by atoms with Crippen LogP contribution in [0.25, 0.3) is 0 Å². The zero-order valence-corrected chi connectivity index (χ0v) is 48.4. The van der Waals surface area contributed by atoms with Crippen LogP contribution in [0.5, 0.6) is 0 Å². The number of aliphatic hydroxyl groups is 2. The van der Waals surface area contributed by atoms with Crippen LogP contribution in [0.3, 0.4) is 0 Å². The topological polar surface area (TPSA) is 95.9 Å². The van der Waals surface area contributed by atoms with Gasteiger partial charge in [-0.1, -0.05) is 307 Å². The normalized spacial score (nSPS) is 12.8. The maximum atomic E-state index is 12.5. The van der Waals surface area contributed by atoms with E-state index in [9.17, 15) is 19.8 Å². The van der Waals surface area contributed by atoms with Gasteiger partial charge in [0.05, 0.1) is 25.4 Å². The summed E-state index contributed by atoms with van der Waals surface area (Å²) < 4.78 is 5.49. The molecule has 0 saturated carbocycles. The molecule has 0 aliphatic heterocycles. The Morgan fingerprint density at radius 3 is 1.06 bits per heavy atom. The highest BCUT2D eigenvalue weighted by atomic mass is 16.5. The smallest absolute Gasteiger partial charge is 0.305 e. The highest BCUT2D eigenvalue weighted by Crippen LogP contribution is 2.17. The molecular weight excluding hydrogens is 887 g/mol. The van der Waals surface area contributed by atoms with Crippen LogP contribution in [0.15, 0.2) is 36.5 Å². The first-order chi connectivity index (χ1) is 35.5. The van der Waals surface area contributed by atoms with Crippen molar-refractivity contribution in [1.82, 2.24) is 5.32 Å². The van der Waals surface area contributed by atoms with Crippen LogP contribution in [-0.2, 0) is 14.3 Å². The van der Waals surface area contributed by atoms with Gasteiger partial charge in [-0.15, -0.1) is 0 Å². The minimum absolute atomic E-state index is 0.00959. The number of esters is 1. The second-order valence-electron chi connectivity index (χ2n) is 22.1. The standard InChI is InChI=1S/C66H125NO5/c1-3-5-7-9-11-13-15-17-19-27-31-34-38-42-46-50-54-58-64(69)63(62-68)67-65(70)59-55-51-47-43-39-35-32-28-25-23-21-20-22-24-26-29-33-37-41-45-49-53-57-61-72-66(71)60-56-52-48-44-40-36-30-18-16-14-12-10-8-6-4-2/h20,22-23,25,54,58,63-64,68-69H,3-19,21,24,26-53,55-57,59-62H2,1-2H3,(H,67,70)/b22-20-,25-23-,58-54+. The van der Waals surface area contributed by atoms with Crippen molar-refractivity contribution in [2.45, 2.75) is 360 Å². The minimum atomic E-state index is -0.851. The van der Waals surface area contributed by atoms with E-state index in [-0.39, 0.29) is 18.5 Å².